The van der Waals surface area contributed by atoms with Gasteiger partial charge in [0.2, 0.25) is 0 Å². The molecule has 1 aromatic heterocycles. The lowest BCUT2D eigenvalue weighted by Crippen LogP contribution is -2.34. The number of carbonyl (C=O) groups is 2. The van der Waals surface area contributed by atoms with Crippen molar-refractivity contribution in [1.82, 2.24) is 10.3 Å². The number of hydrogen-bond acceptors (Lipinski definition) is 6. The predicted molar refractivity (Wildman–Crippen MR) is 131 cm³/mol. The third kappa shape index (κ3) is 4.82. The van der Waals surface area contributed by atoms with Crippen LogP contribution >= 0.6 is 23.6 Å². The van der Waals surface area contributed by atoms with Crippen LogP contribution in [-0.2, 0) is 4.74 Å². The minimum absolute atomic E-state index is 0.154. The molecular formula is C24H19N3O3S2. The number of thiazole rings is 1. The van der Waals surface area contributed by atoms with Crippen molar-refractivity contribution >= 4 is 56.4 Å². The van der Waals surface area contributed by atoms with Crippen LogP contribution in [-0.4, -0.2) is 29.1 Å². The van der Waals surface area contributed by atoms with Gasteiger partial charge < -0.3 is 10.1 Å². The van der Waals surface area contributed by atoms with Crippen molar-refractivity contribution < 1.29 is 14.3 Å². The SMILES string of the molecule is COC(=O)c1cccc(C(=O)NC(=S)Nc2ccc(-c3nc4ccc(C)cc4s3)cc2)c1. The number of aromatic nitrogens is 1. The highest BCUT2D eigenvalue weighted by Gasteiger charge is 2.12. The Bertz CT molecular complexity index is 1330. The first-order chi connectivity index (χ1) is 15.4. The number of carbonyl (C=O) groups excluding carboxylic acids is 2. The summed E-state index contributed by atoms with van der Waals surface area (Å²) in [6.07, 6.45) is 0. The number of thiocarbonyl (C=S) groups is 1. The summed E-state index contributed by atoms with van der Waals surface area (Å²) < 4.78 is 5.84. The largest absolute Gasteiger partial charge is 0.465 e. The second-order valence-electron chi connectivity index (χ2n) is 7.05. The van der Waals surface area contributed by atoms with Crippen LogP contribution in [0.2, 0.25) is 0 Å². The van der Waals surface area contributed by atoms with E-state index >= 15 is 0 Å². The lowest BCUT2D eigenvalue weighted by atomic mass is 10.1. The molecule has 0 saturated heterocycles. The number of rotatable bonds is 4. The maximum absolute atomic E-state index is 12.5. The number of nitrogens with one attached hydrogen (secondary N) is 2. The van der Waals surface area contributed by atoms with Gasteiger partial charge in [0.1, 0.15) is 5.01 Å². The van der Waals surface area contributed by atoms with Gasteiger partial charge in [-0.3, -0.25) is 10.1 Å². The quantitative estimate of drug-likeness (QED) is 0.322. The highest BCUT2D eigenvalue weighted by Crippen LogP contribution is 2.31. The van der Waals surface area contributed by atoms with Crippen LogP contribution in [0.4, 0.5) is 5.69 Å². The molecule has 4 rings (SSSR count). The molecule has 4 aromatic rings. The summed E-state index contributed by atoms with van der Waals surface area (Å²) in [6.45, 7) is 2.07. The van der Waals surface area contributed by atoms with E-state index in [0.29, 0.717) is 11.1 Å². The Labute approximate surface area is 194 Å². The Kier molecular flexibility index (Phi) is 6.25. The molecule has 160 valence electrons. The average Bonchev–Trinajstić information content (AvgIpc) is 3.22. The fourth-order valence-corrected chi connectivity index (χ4v) is 4.37. The van der Waals surface area contributed by atoms with Gasteiger partial charge in [0.15, 0.2) is 5.11 Å². The summed E-state index contributed by atoms with van der Waals surface area (Å²) in [5.74, 6) is -0.932. The summed E-state index contributed by atoms with van der Waals surface area (Å²) in [7, 11) is 1.29. The molecule has 0 aliphatic carbocycles. The lowest BCUT2D eigenvalue weighted by Gasteiger charge is -2.10. The van der Waals surface area contributed by atoms with Gasteiger partial charge in [0.25, 0.3) is 5.91 Å². The third-order valence-electron chi connectivity index (χ3n) is 4.71. The van der Waals surface area contributed by atoms with E-state index in [2.05, 4.69) is 34.4 Å². The molecule has 1 heterocycles. The Balaban J connectivity index is 1.41. The molecule has 0 fully saturated rings. The summed E-state index contributed by atoms with van der Waals surface area (Å²) in [5.41, 5.74) is 4.53. The van der Waals surface area contributed by atoms with Crippen LogP contribution in [0.1, 0.15) is 26.3 Å². The monoisotopic (exact) mass is 461 g/mol. The van der Waals surface area contributed by atoms with Gasteiger partial charge in [-0.2, -0.15) is 0 Å². The van der Waals surface area contributed by atoms with E-state index in [1.807, 2.05) is 30.3 Å². The molecular weight excluding hydrogens is 442 g/mol. The Morgan fingerprint density at radius 1 is 1.00 bits per heavy atom. The topological polar surface area (TPSA) is 80.3 Å². The number of ether oxygens (including phenoxy) is 1. The second kappa shape index (κ2) is 9.25. The van der Waals surface area contributed by atoms with Gasteiger partial charge in [-0.25, -0.2) is 9.78 Å². The van der Waals surface area contributed by atoms with Gasteiger partial charge in [-0.15, -0.1) is 11.3 Å². The molecule has 8 heteroatoms. The first-order valence-electron chi connectivity index (χ1n) is 9.71. The van der Waals surface area contributed by atoms with Crippen LogP contribution in [0.3, 0.4) is 0 Å². The predicted octanol–water partition coefficient (Wildman–Crippen LogP) is 5.19. The van der Waals surface area contributed by atoms with E-state index in [4.69, 9.17) is 17.2 Å². The normalized spacial score (nSPS) is 10.6. The van der Waals surface area contributed by atoms with Crippen LogP contribution in [0.5, 0.6) is 0 Å². The van der Waals surface area contributed by atoms with E-state index in [1.54, 1.807) is 29.5 Å². The molecule has 0 saturated carbocycles. The van der Waals surface area contributed by atoms with Crippen molar-refractivity contribution in [3.05, 3.63) is 83.4 Å². The number of anilines is 1. The molecule has 32 heavy (non-hydrogen) atoms. The average molecular weight is 462 g/mol. The van der Waals surface area contributed by atoms with E-state index in [0.717, 1.165) is 26.5 Å². The van der Waals surface area contributed by atoms with Gasteiger partial charge in [0, 0.05) is 16.8 Å². The minimum Gasteiger partial charge on any atom is -0.465 e. The fourth-order valence-electron chi connectivity index (χ4n) is 3.09. The molecule has 0 aliphatic heterocycles. The van der Waals surface area contributed by atoms with Crippen molar-refractivity contribution in [3.63, 3.8) is 0 Å². The summed E-state index contributed by atoms with van der Waals surface area (Å²) in [6, 6.07) is 20.1. The molecule has 3 aromatic carbocycles. The first-order valence-corrected chi connectivity index (χ1v) is 10.9. The second-order valence-corrected chi connectivity index (χ2v) is 8.49. The van der Waals surface area contributed by atoms with Crippen LogP contribution in [0.25, 0.3) is 20.8 Å². The summed E-state index contributed by atoms with van der Waals surface area (Å²) in [4.78, 5) is 28.8. The van der Waals surface area contributed by atoms with Gasteiger partial charge in [0.05, 0.1) is 22.9 Å². The number of esters is 1. The first kappa shape index (κ1) is 21.6. The molecule has 0 spiro atoms. The number of fused-ring (bicyclic) bond motifs is 1. The highest BCUT2D eigenvalue weighted by molar-refractivity contribution is 7.80. The van der Waals surface area contributed by atoms with E-state index in [-0.39, 0.29) is 5.11 Å². The van der Waals surface area contributed by atoms with E-state index < -0.39 is 11.9 Å². The van der Waals surface area contributed by atoms with Gasteiger partial charge >= 0.3 is 5.97 Å². The van der Waals surface area contributed by atoms with Crippen molar-refractivity contribution in [1.29, 1.82) is 0 Å². The molecule has 1 amide bonds. The Hall–Kier alpha value is -3.62. The number of methoxy groups -OCH3 is 1. The van der Waals surface area contributed by atoms with Gasteiger partial charge in [-0.1, -0.05) is 12.1 Å². The standard InChI is InChI=1S/C24H19N3O3S2/c1-14-6-11-19-20(12-14)32-22(26-19)15-7-9-18(10-8-15)25-24(31)27-21(28)16-4-3-5-17(13-16)23(29)30-2/h3-13H,1-2H3,(H2,25,27,28,31). The molecule has 2 N–H and O–H groups in total. The highest BCUT2D eigenvalue weighted by atomic mass is 32.1. The number of amides is 1. The van der Waals surface area contributed by atoms with Crippen LogP contribution in [0, 0.1) is 6.92 Å². The fraction of sp³-hybridized carbons (Fsp3) is 0.0833. The molecule has 0 atom stereocenters. The zero-order chi connectivity index (χ0) is 22.7. The van der Waals surface area contributed by atoms with E-state index in [1.165, 1.54) is 18.7 Å². The van der Waals surface area contributed by atoms with Crippen molar-refractivity contribution in [2.75, 3.05) is 12.4 Å². The maximum Gasteiger partial charge on any atom is 0.337 e. The van der Waals surface area contributed by atoms with Crippen molar-refractivity contribution in [2.24, 2.45) is 0 Å². The summed E-state index contributed by atoms with van der Waals surface area (Å²) in [5, 5.41) is 6.71. The van der Waals surface area contributed by atoms with Crippen molar-refractivity contribution in [3.8, 4) is 10.6 Å². The number of benzene rings is 3. The molecule has 6 nitrogen and oxygen atoms in total. The van der Waals surface area contributed by atoms with Gasteiger partial charge in [-0.05, 0) is 79.3 Å². The molecule has 0 aliphatic rings. The van der Waals surface area contributed by atoms with Crippen LogP contribution in [0.15, 0.2) is 66.7 Å². The summed E-state index contributed by atoms with van der Waals surface area (Å²) >= 11 is 6.90. The zero-order valence-electron chi connectivity index (χ0n) is 17.3. The molecule has 0 unspecified atom stereocenters. The zero-order valence-corrected chi connectivity index (χ0v) is 19.0. The number of nitrogens with zero attached hydrogens (tertiary/aromatic N) is 1. The third-order valence-corrected chi connectivity index (χ3v) is 5.98. The molecule has 0 bridgehead atoms. The van der Waals surface area contributed by atoms with E-state index in [9.17, 15) is 9.59 Å². The lowest BCUT2D eigenvalue weighted by molar-refractivity contribution is 0.0600. The molecule has 0 radical (unpaired) electrons. The smallest absolute Gasteiger partial charge is 0.337 e. The maximum atomic E-state index is 12.5. The van der Waals surface area contributed by atoms with Crippen molar-refractivity contribution in [2.45, 2.75) is 6.92 Å². The number of hydrogen-bond donors (Lipinski definition) is 2. The van der Waals surface area contributed by atoms with Crippen LogP contribution < -0.4 is 10.6 Å². The number of aryl methyl sites for hydroxylation is 1. The Morgan fingerprint density at radius 2 is 1.75 bits per heavy atom. The Morgan fingerprint density at radius 3 is 2.50 bits per heavy atom. The minimum atomic E-state index is -0.510.